The van der Waals surface area contributed by atoms with Gasteiger partial charge in [0, 0.05) is 10.7 Å². The molecule has 0 bridgehead atoms. The molecule has 0 radical (unpaired) electrons. The number of benzene rings is 2. The minimum atomic E-state index is 0.668. The molecule has 0 saturated carbocycles. The Labute approximate surface area is 150 Å². The van der Waals surface area contributed by atoms with E-state index in [9.17, 15) is 0 Å². The number of rotatable bonds is 3. The molecule has 4 aromatic rings. The van der Waals surface area contributed by atoms with Gasteiger partial charge in [-0.1, -0.05) is 23.7 Å². The van der Waals surface area contributed by atoms with E-state index in [2.05, 4.69) is 46.4 Å². The summed E-state index contributed by atoms with van der Waals surface area (Å²) in [6.07, 6.45) is 3.31. The number of halogens is 1. The maximum absolute atomic E-state index is 6.05. The SMILES string of the molecule is Cc1ccc(-n2ncc3c(Nc4cccc(Cl)c4)ncnc32)cc1C. The van der Waals surface area contributed by atoms with Gasteiger partial charge in [-0.3, -0.25) is 0 Å². The summed E-state index contributed by atoms with van der Waals surface area (Å²) in [4.78, 5) is 8.76. The lowest BCUT2D eigenvalue weighted by Crippen LogP contribution is -2.00. The van der Waals surface area contributed by atoms with Crippen molar-refractivity contribution in [2.75, 3.05) is 5.32 Å². The lowest BCUT2D eigenvalue weighted by molar-refractivity contribution is 0.893. The molecule has 0 unspecified atom stereocenters. The molecular weight excluding hydrogens is 334 g/mol. The second-order valence-corrected chi connectivity index (χ2v) is 6.36. The minimum Gasteiger partial charge on any atom is -0.339 e. The van der Waals surface area contributed by atoms with E-state index >= 15 is 0 Å². The summed E-state index contributed by atoms with van der Waals surface area (Å²) in [5, 5.41) is 9.30. The lowest BCUT2D eigenvalue weighted by atomic mass is 10.1. The van der Waals surface area contributed by atoms with Crippen LogP contribution >= 0.6 is 11.6 Å². The fourth-order valence-corrected chi connectivity index (χ4v) is 2.88. The molecule has 0 amide bonds. The van der Waals surface area contributed by atoms with Crippen molar-refractivity contribution < 1.29 is 0 Å². The Kier molecular flexibility index (Phi) is 3.86. The zero-order valence-corrected chi connectivity index (χ0v) is 14.6. The van der Waals surface area contributed by atoms with Gasteiger partial charge in [0.05, 0.1) is 17.3 Å². The summed E-state index contributed by atoms with van der Waals surface area (Å²) in [6.45, 7) is 4.18. The van der Waals surface area contributed by atoms with Crippen molar-refractivity contribution in [3.05, 3.63) is 71.1 Å². The Morgan fingerprint density at radius 3 is 2.68 bits per heavy atom. The summed E-state index contributed by atoms with van der Waals surface area (Å²) in [6, 6.07) is 13.7. The topological polar surface area (TPSA) is 55.6 Å². The van der Waals surface area contributed by atoms with Crippen LogP contribution in [-0.4, -0.2) is 19.7 Å². The van der Waals surface area contributed by atoms with Crippen LogP contribution in [0.2, 0.25) is 5.02 Å². The first kappa shape index (κ1) is 15.6. The Hall–Kier alpha value is -2.92. The highest BCUT2D eigenvalue weighted by Gasteiger charge is 2.12. The van der Waals surface area contributed by atoms with E-state index < -0.39 is 0 Å². The van der Waals surface area contributed by atoms with Crippen molar-refractivity contribution in [3.63, 3.8) is 0 Å². The monoisotopic (exact) mass is 349 g/mol. The Bertz CT molecular complexity index is 1070. The van der Waals surface area contributed by atoms with E-state index in [1.165, 1.54) is 17.5 Å². The second kappa shape index (κ2) is 6.18. The van der Waals surface area contributed by atoms with Gasteiger partial charge in [-0.15, -0.1) is 0 Å². The average Bonchev–Trinajstić information content (AvgIpc) is 3.03. The highest BCUT2D eigenvalue weighted by molar-refractivity contribution is 6.30. The lowest BCUT2D eigenvalue weighted by Gasteiger charge is -2.08. The van der Waals surface area contributed by atoms with Crippen LogP contribution in [0.1, 0.15) is 11.1 Å². The minimum absolute atomic E-state index is 0.668. The normalized spacial score (nSPS) is 11.0. The number of nitrogens with one attached hydrogen (secondary N) is 1. The Morgan fingerprint density at radius 2 is 1.88 bits per heavy atom. The molecule has 1 N–H and O–H groups in total. The number of aromatic nitrogens is 4. The van der Waals surface area contributed by atoms with Gasteiger partial charge < -0.3 is 5.32 Å². The van der Waals surface area contributed by atoms with Gasteiger partial charge in [0.25, 0.3) is 0 Å². The quantitative estimate of drug-likeness (QED) is 0.575. The maximum Gasteiger partial charge on any atom is 0.168 e. The molecule has 0 saturated heterocycles. The van der Waals surface area contributed by atoms with Crippen molar-refractivity contribution in [3.8, 4) is 5.69 Å². The molecule has 0 spiro atoms. The van der Waals surface area contributed by atoms with Crippen LogP contribution in [0.15, 0.2) is 55.0 Å². The molecule has 25 heavy (non-hydrogen) atoms. The highest BCUT2D eigenvalue weighted by Crippen LogP contribution is 2.26. The molecule has 0 aliphatic heterocycles. The number of aryl methyl sites for hydroxylation is 2. The fourth-order valence-electron chi connectivity index (χ4n) is 2.69. The molecule has 0 atom stereocenters. The standard InChI is InChI=1S/C19H16ClN5/c1-12-6-7-16(8-13(12)2)25-19-17(10-23-25)18(21-11-22-19)24-15-5-3-4-14(20)9-15/h3-11H,1-2H3,(H,21,22,24). The van der Waals surface area contributed by atoms with Crippen molar-refractivity contribution >= 4 is 34.1 Å². The third kappa shape index (κ3) is 2.94. The first-order valence-corrected chi connectivity index (χ1v) is 8.28. The van der Waals surface area contributed by atoms with Crippen LogP contribution in [-0.2, 0) is 0 Å². The van der Waals surface area contributed by atoms with Crippen molar-refractivity contribution in [2.45, 2.75) is 13.8 Å². The van der Waals surface area contributed by atoms with Gasteiger partial charge >= 0.3 is 0 Å². The molecule has 0 aliphatic rings. The van der Waals surface area contributed by atoms with E-state index in [4.69, 9.17) is 11.6 Å². The Morgan fingerprint density at radius 1 is 1.00 bits per heavy atom. The maximum atomic E-state index is 6.05. The van der Waals surface area contributed by atoms with Gasteiger partial charge in [-0.2, -0.15) is 5.10 Å². The van der Waals surface area contributed by atoms with Crippen LogP contribution in [0.25, 0.3) is 16.7 Å². The molecule has 2 aromatic heterocycles. The average molecular weight is 350 g/mol. The van der Waals surface area contributed by atoms with Gasteiger partial charge in [0.2, 0.25) is 0 Å². The van der Waals surface area contributed by atoms with Crippen LogP contribution in [0.4, 0.5) is 11.5 Å². The van der Waals surface area contributed by atoms with E-state index in [1.54, 1.807) is 6.20 Å². The predicted molar refractivity (Wildman–Crippen MR) is 101 cm³/mol. The largest absolute Gasteiger partial charge is 0.339 e. The first-order valence-electron chi connectivity index (χ1n) is 7.91. The summed E-state index contributed by atoms with van der Waals surface area (Å²) in [7, 11) is 0. The molecular formula is C19H16ClN5. The molecule has 2 aromatic carbocycles. The number of anilines is 2. The van der Waals surface area contributed by atoms with Gasteiger partial charge in [0.1, 0.15) is 12.1 Å². The zero-order chi connectivity index (χ0) is 17.4. The fraction of sp³-hybridized carbons (Fsp3) is 0.105. The third-order valence-electron chi connectivity index (χ3n) is 4.19. The second-order valence-electron chi connectivity index (χ2n) is 5.92. The summed E-state index contributed by atoms with van der Waals surface area (Å²) >= 11 is 6.05. The van der Waals surface area contributed by atoms with Crippen molar-refractivity contribution in [1.82, 2.24) is 19.7 Å². The van der Waals surface area contributed by atoms with Crippen LogP contribution in [0, 0.1) is 13.8 Å². The molecule has 4 rings (SSSR count). The molecule has 0 fully saturated rings. The molecule has 124 valence electrons. The smallest absolute Gasteiger partial charge is 0.168 e. The Balaban J connectivity index is 1.79. The molecule has 0 aliphatic carbocycles. The van der Waals surface area contributed by atoms with E-state index in [0.29, 0.717) is 10.8 Å². The van der Waals surface area contributed by atoms with Gasteiger partial charge in [0.15, 0.2) is 5.65 Å². The van der Waals surface area contributed by atoms with Crippen LogP contribution in [0.3, 0.4) is 0 Å². The van der Waals surface area contributed by atoms with E-state index in [-0.39, 0.29) is 0 Å². The summed E-state index contributed by atoms with van der Waals surface area (Å²) in [5.41, 5.74) is 5.06. The molecule has 5 nitrogen and oxygen atoms in total. The molecule has 6 heteroatoms. The van der Waals surface area contributed by atoms with Gasteiger partial charge in [-0.25, -0.2) is 14.6 Å². The number of fused-ring (bicyclic) bond motifs is 1. The summed E-state index contributed by atoms with van der Waals surface area (Å²) < 4.78 is 1.83. The van der Waals surface area contributed by atoms with Crippen molar-refractivity contribution in [2.24, 2.45) is 0 Å². The molecule has 2 heterocycles. The predicted octanol–water partition coefficient (Wildman–Crippen LogP) is 4.83. The third-order valence-corrected chi connectivity index (χ3v) is 4.42. The summed E-state index contributed by atoms with van der Waals surface area (Å²) in [5.74, 6) is 0.697. The van der Waals surface area contributed by atoms with Crippen LogP contribution < -0.4 is 5.32 Å². The number of hydrogen-bond donors (Lipinski definition) is 1. The first-order chi connectivity index (χ1) is 12.1. The van der Waals surface area contributed by atoms with E-state index in [1.807, 2.05) is 35.0 Å². The zero-order valence-electron chi connectivity index (χ0n) is 13.9. The highest BCUT2D eigenvalue weighted by atomic mass is 35.5. The van der Waals surface area contributed by atoms with Gasteiger partial charge in [-0.05, 0) is 55.3 Å². The van der Waals surface area contributed by atoms with Crippen LogP contribution in [0.5, 0.6) is 0 Å². The van der Waals surface area contributed by atoms with E-state index in [0.717, 1.165) is 22.4 Å². The van der Waals surface area contributed by atoms with Crippen molar-refractivity contribution in [1.29, 1.82) is 0 Å². The number of hydrogen-bond acceptors (Lipinski definition) is 4. The number of nitrogens with zero attached hydrogens (tertiary/aromatic N) is 4.